The number of hydrogen-bond acceptors (Lipinski definition) is 7. The summed E-state index contributed by atoms with van der Waals surface area (Å²) in [5.74, 6) is 1.37. The lowest BCUT2D eigenvalue weighted by molar-refractivity contribution is 0.0978. The minimum absolute atomic E-state index is 0.0533. The van der Waals surface area contributed by atoms with Gasteiger partial charge in [-0.2, -0.15) is 0 Å². The Hall–Kier alpha value is -2.45. The van der Waals surface area contributed by atoms with E-state index in [9.17, 15) is 15.0 Å². The number of nitrogens with one attached hydrogen (secondary N) is 1. The van der Waals surface area contributed by atoms with Crippen molar-refractivity contribution in [3.63, 3.8) is 0 Å². The molecule has 2 aromatic carbocycles. The summed E-state index contributed by atoms with van der Waals surface area (Å²) in [6.45, 7) is 1.87. The molecule has 6 nitrogen and oxygen atoms in total. The Labute approximate surface area is 179 Å². The molecule has 7 heteroatoms. The SMILES string of the molecule is Cc1oc(-c2ccccc2)nc1CCC(=O)c1ccc(CC2SC(O)NC2O)cc1. The second-order valence-electron chi connectivity index (χ2n) is 7.35. The van der Waals surface area contributed by atoms with Crippen molar-refractivity contribution in [2.45, 2.75) is 43.2 Å². The van der Waals surface area contributed by atoms with Gasteiger partial charge in [-0.1, -0.05) is 42.5 Å². The van der Waals surface area contributed by atoms with Gasteiger partial charge in [0.1, 0.15) is 12.0 Å². The zero-order valence-electron chi connectivity index (χ0n) is 16.6. The lowest BCUT2D eigenvalue weighted by atomic mass is 10.0. The van der Waals surface area contributed by atoms with Gasteiger partial charge in [-0.25, -0.2) is 4.98 Å². The first kappa shape index (κ1) is 20.8. The highest BCUT2D eigenvalue weighted by molar-refractivity contribution is 8.00. The van der Waals surface area contributed by atoms with Gasteiger partial charge < -0.3 is 14.6 Å². The summed E-state index contributed by atoms with van der Waals surface area (Å²) < 4.78 is 5.77. The van der Waals surface area contributed by atoms with Gasteiger partial charge in [-0.05, 0) is 31.0 Å². The molecular formula is C23H24N2O4S. The predicted molar refractivity (Wildman–Crippen MR) is 116 cm³/mol. The molecule has 0 saturated carbocycles. The summed E-state index contributed by atoms with van der Waals surface area (Å²) >= 11 is 1.30. The molecule has 0 radical (unpaired) electrons. The molecule has 2 heterocycles. The second kappa shape index (κ2) is 9.14. The van der Waals surface area contributed by atoms with E-state index in [4.69, 9.17) is 4.42 Å². The number of rotatable bonds is 7. The van der Waals surface area contributed by atoms with Crippen LogP contribution in [0.25, 0.3) is 11.5 Å². The number of ketones is 1. The molecule has 1 fully saturated rings. The zero-order chi connectivity index (χ0) is 21.1. The molecule has 3 N–H and O–H groups in total. The van der Waals surface area contributed by atoms with Gasteiger partial charge in [0.15, 0.2) is 11.3 Å². The van der Waals surface area contributed by atoms with Crippen LogP contribution in [0.1, 0.15) is 33.8 Å². The highest BCUT2D eigenvalue weighted by Crippen LogP contribution is 2.28. The number of aromatic nitrogens is 1. The van der Waals surface area contributed by atoms with Crippen molar-refractivity contribution in [3.05, 3.63) is 77.2 Å². The summed E-state index contributed by atoms with van der Waals surface area (Å²) in [5.41, 5.74) is 2.65. The summed E-state index contributed by atoms with van der Waals surface area (Å²) in [5, 5.41) is 22.0. The van der Waals surface area contributed by atoms with Crippen LogP contribution in [0.2, 0.25) is 0 Å². The summed E-state index contributed by atoms with van der Waals surface area (Å²) in [7, 11) is 0. The fourth-order valence-corrected chi connectivity index (χ4v) is 4.56. The molecule has 0 aliphatic carbocycles. The molecule has 3 unspecified atom stereocenters. The first-order chi connectivity index (χ1) is 14.5. The van der Waals surface area contributed by atoms with Crippen LogP contribution in [0, 0.1) is 6.92 Å². The van der Waals surface area contributed by atoms with E-state index in [0.29, 0.717) is 30.7 Å². The first-order valence-corrected chi connectivity index (χ1v) is 10.9. The molecule has 1 aliphatic rings. The summed E-state index contributed by atoms with van der Waals surface area (Å²) in [6, 6.07) is 17.2. The lowest BCUT2D eigenvalue weighted by Gasteiger charge is -2.12. The average molecular weight is 425 g/mol. The number of aliphatic hydroxyl groups excluding tert-OH is 2. The van der Waals surface area contributed by atoms with Crippen LogP contribution in [0.3, 0.4) is 0 Å². The van der Waals surface area contributed by atoms with Gasteiger partial charge in [0.2, 0.25) is 5.89 Å². The molecule has 30 heavy (non-hydrogen) atoms. The van der Waals surface area contributed by atoms with E-state index >= 15 is 0 Å². The van der Waals surface area contributed by atoms with E-state index in [1.165, 1.54) is 11.8 Å². The third-order valence-electron chi connectivity index (χ3n) is 5.18. The van der Waals surface area contributed by atoms with E-state index in [2.05, 4.69) is 10.3 Å². The van der Waals surface area contributed by atoms with Crippen molar-refractivity contribution in [1.29, 1.82) is 0 Å². The number of oxazole rings is 1. The smallest absolute Gasteiger partial charge is 0.226 e. The molecule has 4 rings (SSSR count). The highest BCUT2D eigenvalue weighted by atomic mass is 32.2. The Balaban J connectivity index is 1.35. The number of aryl methyl sites for hydroxylation is 2. The number of aliphatic hydroxyl groups is 2. The number of Topliss-reactive ketones (excluding diaryl/α,β-unsaturated/α-hetero) is 1. The monoisotopic (exact) mass is 424 g/mol. The van der Waals surface area contributed by atoms with Crippen molar-refractivity contribution in [1.82, 2.24) is 10.3 Å². The third-order valence-corrected chi connectivity index (χ3v) is 6.35. The minimum Gasteiger partial charge on any atom is -0.441 e. The fraction of sp³-hybridized carbons (Fsp3) is 0.304. The Bertz CT molecular complexity index is 1000. The van der Waals surface area contributed by atoms with Crippen LogP contribution in [-0.4, -0.2) is 38.0 Å². The van der Waals surface area contributed by atoms with Crippen molar-refractivity contribution in [2.75, 3.05) is 0 Å². The molecular weight excluding hydrogens is 400 g/mol. The molecule has 1 saturated heterocycles. The quantitative estimate of drug-likeness (QED) is 0.501. The number of carbonyl (C=O) groups excluding carboxylic acids is 1. The van der Waals surface area contributed by atoms with Gasteiger partial charge >= 0.3 is 0 Å². The standard InChI is InChI=1S/C23H24N2O4S/c1-14-18(24-22(29-14)17-5-3-2-4-6-17)11-12-19(26)16-9-7-15(8-10-16)13-20-21(27)25-23(28)30-20/h2-10,20-21,23,25,27-28H,11-13H2,1H3. The molecule has 1 aliphatic heterocycles. The molecule has 0 amide bonds. The number of nitrogens with zero attached hydrogens (tertiary/aromatic N) is 1. The number of thioether (sulfide) groups is 1. The third kappa shape index (κ3) is 4.82. The molecule has 0 bridgehead atoms. The maximum absolute atomic E-state index is 12.6. The van der Waals surface area contributed by atoms with Crippen LogP contribution < -0.4 is 5.32 Å². The van der Waals surface area contributed by atoms with Crippen LogP contribution in [0.15, 0.2) is 59.0 Å². The lowest BCUT2D eigenvalue weighted by Crippen LogP contribution is -2.33. The van der Waals surface area contributed by atoms with Gasteiger partial charge in [0, 0.05) is 24.0 Å². The van der Waals surface area contributed by atoms with Crippen LogP contribution in [-0.2, 0) is 12.8 Å². The number of benzene rings is 2. The molecule has 3 atom stereocenters. The molecule has 0 spiro atoms. The Morgan fingerprint density at radius 2 is 1.87 bits per heavy atom. The van der Waals surface area contributed by atoms with Gasteiger partial charge in [0.05, 0.1) is 10.9 Å². The van der Waals surface area contributed by atoms with Crippen molar-refractivity contribution >= 4 is 17.5 Å². The van der Waals surface area contributed by atoms with Crippen LogP contribution in [0.4, 0.5) is 0 Å². The number of carbonyl (C=O) groups is 1. The van der Waals surface area contributed by atoms with Gasteiger partial charge in [-0.3, -0.25) is 10.1 Å². The van der Waals surface area contributed by atoms with E-state index in [1.807, 2.05) is 61.5 Å². The van der Waals surface area contributed by atoms with Crippen molar-refractivity contribution in [3.8, 4) is 11.5 Å². The number of hydrogen-bond donors (Lipinski definition) is 3. The van der Waals surface area contributed by atoms with Gasteiger partial charge in [-0.15, -0.1) is 11.8 Å². The van der Waals surface area contributed by atoms with Crippen molar-refractivity contribution in [2.24, 2.45) is 0 Å². The maximum Gasteiger partial charge on any atom is 0.226 e. The molecule has 1 aromatic heterocycles. The zero-order valence-corrected chi connectivity index (χ0v) is 17.4. The molecule has 3 aromatic rings. The van der Waals surface area contributed by atoms with E-state index in [0.717, 1.165) is 22.6 Å². The van der Waals surface area contributed by atoms with Crippen LogP contribution >= 0.6 is 11.8 Å². The molecule has 156 valence electrons. The Morgan fingerprint density at radius 1 is 1.13 bits per heavy atom. The van der Waals surface area contributed by atoms with E-state index in [1.54, 1.807) is 0 Å². The largest absolute Gasteiger partial charge is 0.441 e. The highest BCUT2D eigenvalue weighted by Gasteiger charge is 2.31. The predicted octanol–water partition coefficient (Wildman–Crippen LogP) is 3.31. The fourth-order valence-electron chi connectivity index (χ4n) is 3.49. The second-order valence-corrected chi connectivity index (χ2v) is 8.67. The topological polar surface area (TPSA) is 95.6 Å². The average Bonchev–Trinajstić information content (AvgIpc) is 3.28. The van der Waals surface area contributed by atoms with Crippen molar-refractivity contribution < 1.29 is 19.4 Å². The first-order valence-electron chi connectivity index (χ1n) is 9.91. The normalized spacial score (nSPS) is 21.1. The summed E-state index contributed by atoms with van der Waals surface area (Å²) in [4.78, 5) is 17.2. The van der Waals surface area contributed by atoms with Gasteiger partial charge in [0.25, 0.3) is 0 Å². The van der Waals surface area contributed by atoms with Crippen LogP contribution in [0.5, 0.6) is 0 Å². The van der Waals surface area contributed by atoms with E-state index < -0.39 is 11.8 Å². The summed E-state index contributed by atoms with van der Waals surface area (Å²) in [6.07, 6.45) is 0.758. The Morgan fingerprint density at radius 3 is 2.53 bits per heavy atom. The maximum atomic E-state index is 12.6. The van der Waals surface area contributed by atoms with E-state index in [-0.39, 0.29) is 11.0 Å². The minimum atomic E-state index is -0.742. The Kier molecular flexibility index (Phi) is 6.34.